The highest BCUT2D eigenvalue weighted by atomic mass is 32.1. The van der Waals surface area contributed by atoms with Gasteiger partial charge in [0.1, 0.15) is 0 Å². The van der Waals surface area contributed by atoms with Crippen LogP contribution in [0, 0.1) is 0 Å². The van der Waals surface area contributed by atoms with Crippen molar-refractivity contribution in [1.29, 1.82) is 0 Å². The molecule has 15 heavy (non-hydrogen) atoms. The molecule has 1 unspecified atom stereocenters. The summed E-state index contributed by atoms with van der Waals surface area (Å²) >= 11 is 1.74. The molecule has 0 aliphatic heterocycles. The van der Waals surface area contributed by atoms with Crippen LogP contribution < -0.4 is 5.32 Å². The predicted octanol–water partition coefficient (Wildman–Crippen LogP) is 2.99. The first kappa shape index (κ1) is 12.2. The maximum absolute atomic E-state index is 11.4. The third-order valence-electron chi connectivity index (χ3n) is 2.25. The highest BCUT2D eigenvalue weighted by molar-refractivity contribution is 7.09. The van der Waals surface area contributed by atoms with Gasteiger partial charge in [-0.25, -0.2) is 0 Å². The molecule has 1 aromatic heterocycles. The van der Waals surface area contributed by atoms with Crippen molar-refractivity contribution in [2.75, 3.05) is 0 Å². The zero-order valence-electron chi connectivity index (χ0n) is 9.45. The maximum atomic E-state index is 11.4. The fourth-order valence-electron chi connectivity index (χ4n) is 1.47. The zero-order chi connectivity index (χ0) is 11.1. The minimum Gasteiger partial charge on any atom is -0.353 e. The number of amides is 1. The van der Waals surface area contributed by atoms with Crippen molar-refractivity contribution in [3.8, 4) is 0 Å². The number of carbonyl (C=O) groups is 1. The third kappa shape index (κ3) is 4.98. The Kier molecular flexibility index (Phi) is 5.40. The summed E-state index contributed by atoms with van der Waals surface area (Å²) in [7, 11) is 0. The molecule has 1 rings (SSSR count). The lowest BCUT2D eigenvalue weighted by Gasteiger charge is -2.12. The van der Waals surface area contributed by atoms with E-state index < -0.39 is 0 Å². The normalized spacial score (nSPS) is 12.4. The largest absolute Gasteiger partial charge is 0.353 e. The number of unbranched alkanes of at least 4 members (excludes halogenated alkanes) is 1. The fourth-order valence-corrected chi connectivity index (χ4v) is 2.30. The Hall–Kier alpha value is -0.830. The van der Waals surface area contributed by atoms with Crippen molar-refractivity contribution >= 4 is 17.2 Å². The van der Waals surface area contributed by atoms with Gasteiger partial charge in [-0.3, -0.25) is 4.79 Å². The Bertz CT molecular complexity index is 282. The molecule has 0 saturated heterocycles. The first-order valence-corrected chi connectivity index (χ1v) is 6.42. The van der Waals surface area contributed by atoms with E-state index in [9.17, 15) is 4.79 Å². The summed E-state index contributed by atoms with van der Waals surface area (Å²) in [5.74, 6) is 0.181. The average molecular weight is 225 g/mol. The molecule has 1 atom stereocenters. The Morgan fingerprint density at radius 3 is 3.00 bits per heavy atom. The van der Waals surface area contributed by atoms with Gasteiger partial charge < -0.3 is 5.32 Å². The monoisotopic (exact) mass is 225 g/mol. The Morgan fingerprint density at radius 2 is 2.40 bits per heavy atom. The Labute approximate surface area is 95.7 Å². The molecule has 2 nitrogen and oxygen atoms in total. The quantitative estimate of drug-likeness (QED) is 0.792. The van der Waals surface area contributed by atoms with Crippen LogP contribution in [-0.4, -0.2) is 11.9 Å². The molecule has 0 aliphatic rings. The first-order chi connectivity index (χ1) is 7.22. The van der Waals surface area contributed by atoms with E-state index in [2.05, 4.69) is 30.6 Å². The van der Waals surface area contributed by atoms with Crippen LogP contribution >= 0.6 is 11.3 Å². The predicted molar refractivity (Wildman–Crippen MR) is 65.2 cm³/mol. The van der Waals surface area contributed by atoms with E-state index in [4.69, 9.17) is 0 Å². The first-order valence-electron chi connectivity index (χ1n) is 5.54. The molecule has 1 N–H and O–H groups in total. The molecule has 0 fully saturated rings. The van der Waals surface area contributed by atoms with Gasteiger partial charge in [0.15, 0.2) is 0 Å². The molecular weight excluding hydrogens is 206 g/mol. The van der Waals surface area contributed by atoms with E-state index in [-0.39, 0.29) is 11.9 Å². The van der Waals surface area contributed by atoms with Crippen molar-refractivity contribution in [1.82, 2.24) is 5.32 Å². The van der Waals surface area contributed by atoms with Crippen LogP contribution in [0.4, 0.5) is 0 Å². The molecule has 0 saturated carbocycles. The third-order valence-corrected chi connectivity index (χ3v) is 3.15. The van der Waals surface area contributed by atoms with E-state index in [1.807, 2.05) is 6.07 Å². The summed E-state index contributed by atoms with van der Waals surface area (Å²) in [6.07, 6.45) is 3.66. The number of carbonyl (C=O) groups excluding carboxylic acids is 1. The second kappa shape index (κ2) is 6.62. The van der Waals surface area contributed by atoms with E-state index in [1.165, 1.54) is 4.88 Å². The van der Waals surface area contributed by atoms with E-state index in [0.717, 1.165) is 19.3 Å². The molecule has 0 aromatic carbocycles. The molecule has 3 heteroatoms. The lowest BCUT2D eigenvalue weighted by molar-refractivity contribution is -0.121. The van der Waals surface area contributed by atoms with Crippen LogP contribution in [0.3, 0.4) is 0 Å². The van der Waals surface area contributed by atoms with Gasteiger partial charge in [-0.2, -0.15) is 0 Å². The minimum atomic E-state index is 0.181. The number of thiophene rings is 1. The van der Waals surface area contributed by atoms with Crippen molar-refractivity contribution in [2.24, 2.45) is 0 Å². The number of rotatable bonds is 6. The van der Waals surface area contributed by atoms with Crippen molar-refractivity contribution < 1.29 is 4.79 Å². The lowest BCUT2D eigenvalue weighted by Crippen LogP contribution is -2.33. The van der Waals surface area contributed by atoms with E-state index in [0.29, 0.717) is 6.42 Å². The number of hydrogen-bond donors (Lipinski definition) is 1. The number of hydrogen-bond acceptors (Lipinski definition) is 2. The van der Waals surface area contributed by atoms with Crippen LogP contribution in [0.5, 0.6) is 0 Å². The van der Waals surface area contributed by atoms with Gasteiger partial charge in [0.25, 0.3) is 0 Å². The molecule has 1 aromatic rings. The Morgan fingerprint density at radius 1 is 1.60 bits per heavy atom. The lowest BCUT2D eigenvalue weighted by atomic mass is 10.2. The molecule has 0 bridgehead atoms. The fraction of sp³-hybridized carbons (Fsp3) is 0.583. The summed E-state index contributed by atoms with van der Waals surface area (Å²) in [4.78, 5) is 12.8. The van der Waals surface area contributed by atoms with Crippen LogP contribution in [0.25, 0.3) is 0 Å². The van der Waals surface area contributed by atoms with Gasteiger partial charge in [0, 0.05) is 23.8 Å². The molecule has 1 heterocycles. The second-order valence-electron chi connectivity index (χ2n) is 3.86. The van der Waals surface area contributed by atoms with Crippen LogP contribution in [0.15, 0.2) is 17.5 Å². The van der Waals surface area contributed by atoms with Gasteiger partial charge in [-0.15, -0.1) is 11.3 Å². The number of nitrogens with one attached hydrogen (secondary N) is 1. The molecule has 0 aliphatic carbocycles. The summed E-state index contributed by atoms with van der Waals surface area (Å²) in [6.45, 7) is 4.16. The van der Waals surface area contributed by atoms with Gasteiger partial charge in [0.05, 0.1) is 0 Å². The van der Waals surface area contributed by atoms with Crippen molar-refractivity contribution in [3.05, 3.63) is 22.4 Å². The molecule has 0 radical (unpaired) electrons. The van der Waals surface area contributed by atoms with E-state index in [1.54, 1.807) is 11.3 Å². The van der Waals surface area contributed by atoms with Gasteiger partial charge in [0.2, 0.25) is 5.91 Å². The molecular formula is C12H19NOS. The van der Waals surface area contributed by atoms with Gasteiger partial charge >= 0.3 is 0 Å². The molecule has 0 spiro atoms. The van der Waals surface area contributed by atoms with Crippen LogP contribution in [0.1, 0.15) is 38.0 Å². The van der Waals surface area contributed by atoms with Gasteiger partial charge in [-0.1, -0.05) is 19.4 Å². The molecule has 84 valence electrons. The van der Waals surface area contributed by atoms with E-state index >= 15 is 0 Å². The topological polar surface area (TPSA) is 29.1 Å². The SMILES string of the molecule is CCCCC(=O)NC(C)Cc1cccs1. The van der Waals surface area contributed by atoms with Crippen molar-refractivity contribution in [3.63, 3.8) is 0 Å². The molecule has 1 amide bonds. The summed E-state index contributed by atoms with van der Waals surface area (Å²) in [5, 5.41) is 5.09. The minimum absolute atomic E-state index is 0.181. The maximum Gasteiger partial charge on any atom is 0.220 e. The standard InChI is InChI=1S/C12H19NOS/c1-3-4-7-12(14)13-10(2)9-11-6-5-8-15-11/h5-6,8,10H,3-4,7,9H2,1-2H3,(H,13,14). The highest BCUT2D eigenvalue weighted by Crippen LogP contribution is 2.11. The van der Waals surface area contributed by atoms with Crippen LogP contribution in [0.2, 0.25) is 0 Å². The summed E-state index contributed by atoms with van der Waals surface area (Å²) in [6, 6.07) is 4.40. The van der Waals surface area contributed by atoms with Gasteiger partial charge in [-0.05, 0) is 24.8 Å². The smallest absolute Gasteiger partial charge is 0.220 e. The van der Waals surface area contributed by atoms with Crippen molar-refractivity contribution in [2.45, 2.75) is 45.6 Å². The Balaban J connectivity index is 2.23. The summed E-state index contributed by atoms with van der Waals surface area (Å²) < 4.78 is 0. The van der Waals surface area contributed by atoms with Crippen LogP contribution in [-0.2, 0) is 11.2 Å². The second-order valence-corrected chi connectivity index (χ2v) is 4.89. The average Bonchev–Trinajstić information content (AvgIpc) is 2.67. The highest BCUT2D eigenvalue weighted by Gasteiger charge is 2.07. The zero-order valence-corrected chi connectivity index (χ0v) is 10.3. The summed E-state index contributed by atoms with van der Waals surface area (Å²) in [5.41, 5.74) is 0.